The molecule has 0 N–H and O–H groups in total. The summed E-state index contributed by atoms with van der Waals surface area (Å²) >= 11 is 9.32. The molecule has 3 aromatic rings. The van der Waals surface area contributed by atoms with Crippen LogP contribution >= 0.6 is 27.5 Å². The first-order valence-electron chi connectivity index (χ1n) is 7.23. The van der Waals surface area contributed by atoms with Crippen LogP contribution in [0, 0.1) is 0 Å². The Morgan fingerprint density at radius 2 is 2.04 bits per heavy atom. The van der Waals surface area contributed by atoms with Crippen molar-refractivity contribution in [1.29, 1.82) is 0 Å². The molecule has 25 heavy (non-hydrogen) atoms. The molecule has 1 heterocycles. The number of benzene rings is 2. The fourth-order valence-corrected chi connectivity index (χ4v) is 2.53. The maximum atomic E-state index is 11.7. The van der Waals surface area contributed by atoms with Gasteiger partial charge in [0.05, 0.1) is 5.02 Å². The highest BCUT2D eigenvalue weighted by molar-refractivity contribution is 9.10. The maximum Gasteiger partial charge on any atom is 0.344 e. The number of hydrogen-bond donors (Lipinski definition) is 0. The van der Waals surface area contributed by atoms with Crippen molar-refractivity contribution in [2.24, 2.45) is 0 Å². The lowest BCUT2D eigenvalue weighted by Gasteiger charge is -2.06. The van der Waals surface area contributed by atoms with Crippen LogP contribution in [-0.2, 0) is 16.1 Å². The smallest absolute Gasteiger partial charge is 0.344 e. The number of carbonyl (C=O) groups is 1. The quantitative estimate of drug-likeness (QED) is 0.551. The fourth-order valence-electron chi connectivity index (χ4n) is 1.94. The molecule has 0 aliphatic carbocycles. The van der Waals surface area contributed by atoms with Gasteiger partial charge in [-0.15, -0.1) is 0 Å². The Morgan fingerprint density at radius 3 is 2.84 bits per heavy atom. The molecule has 2 aromatic carbocycles. The molecular weight excluding hydrogens is 412 g/mol. The summed E-state index contributed by atoms with van der Waals surface area (Å²) in [4.78, 5) is 15.9. The van der Waals surface area contributed by atoms with Gasteiger partial charge in [-0.1, -0.05) is 57.0 Å². The van der Waals surface area contributed by atoms with E-state index in [9.17, 15) is 4.79 Å². The lowest BCUT2D eigenvalue weighted by atomic mass is 10.2. The van der Waals surface area contributed by atoms with E-state index in [4.69, 9.17) is 25.6 Å². The molecule has 0 saturated carbocycles. The summed E-state index contributed by atoms with van der Waals surface area (Å²) in [5.41, 5.74) is 0.790. The summed E-state index contributed by atoms with van der Waals surface area (Å²) in [5.74, 6) is 0.457. The van der Waals surface area contributed by atoms with Crippen LogP contribution in [0.1, 0.15) is 5.89 Å². The molecule has 0 amide bonds. The molecule has 0 unspecified atom stereocenters. The molecule has 0 saturated heterocycles. The van der Waals surface area contributed by atoms with Gasteiger partial charge in [0.2, 0.25) is 5.82 Å². The second kappa shape index (κ2) is 8.13. The molecule has 0 spiro atoms. The van der Waals surface area contributed by atoms with Crippen LogP contribution in [0.3, 0.4) is 0 Å². The molecular formula is C17H12BrClN2O4. The second-order valence-electron chi connectivity index (χ2n) is 4.90. The number of hydrogen-bond acceptors (Lipinski definition) is 6. The number of ether oxygens (including phenoxy) is 2. The Morgan fingerprint density at radius 1 is 1.20 bits per heavy atom. The van der Waals surface area contributed by atoms with Crippen molar-refractivity contribution in [3.8, 4) is 17.1 Å². The van der Waals surface area contributed by atoms with Crippen molar-refractivity contribution < 1.29 is 18.8 Å². The predicted molar refractivity (Wildman–Crippen MR) is 94.2 cm³/mol. The molecule has 0 aliphatic heterocycles. The Labute approximate surface area is 156 Å². The van der Waals surface area contributed by atoms with Crippen LogP contribution in [-0.4, -0.2) is 22.7 Å². The van der Waals surface area contributed by atoms with Crippen molar-refractivity contribution >= 4 is 33.5 Å². The first kappa shape index (κ1) is 17.4. The minimum Gasteiger partial charge on any atom is -0.480 e. The van der Waals surface area contributed by atoms with E-state index >= 15 is 0 Å². The number of rotatable bonds is 6. The van der Waals surface area contributed by atoms with Crippen LogP contribution in [0.25, 0.3) is 11.4 Å². The Balaban J connectivity index is 1.52. The summed E-state index contributed by atoms with van der Waals surface area (Å²) < 4.78 is 16.3. The van der Waals surface area contributed by atoms with Gasteiger partial charge < -0.3 is 14.0 Å². The molecule has 0 aliphatic rings. The third-order valence-corrected chi connectivity index (χ3v) is 3.90. The number of nitrogens with zero attached hydrogens (tertiary/aromatic N) is 2. The molecule has 3 rings (SSSR count). The maximum absolute atomic E-state index is 11.7. The van der Waals surface area contributed by atoms with E-state index in [0.29, 0.717) is 16.6 Å². The molecule has 0 atom stereocenters. The van der Waals surface area contributed by atoms with E-state index in [0.717, 1.165) is 10.0 Å². The Kier molecular flexibility index (Phi) is 5.67. The minimum absolute atomic E-state index is 0.133. The topological polar surface area (TPSA) is 74.5 Å². The molecule has 6 nitrogen and oxygen atoms in total. The van der Waals surface area contributed by atoms with E-state index in [2.05, 4.69) is 26.1 Å². The first-order chi connectivity index (χ1) is 12.1. The Bertz CT molecular complexity index is 884. The zero-order valence-corrected chi connectivity index (χ0v) is 15.2. The number of esters is 1. The molecule has 1 aromatic heterocycles. The Hall–Kier alpha value is -2.38. The number of halogens is 2. The van der Waals surface area contributed by atoms with E-state index in [1.165, 1.54) is 0 Å². The summed E-state index contributed by atoms with van der Waals surface area (Å²) in [5, 5.41) is 4.29. The average Bonchev–Trinajstić information content (AvgIpc) is 3.08. The van der Waals surface area contributed by atoms with Crippen molar-refractivity contribution in [1.82, 2.24) is 10.1 Å². The van der Waals surface area contributed by atoms with Crippen molar-refractivity contribution in [2.45, 2.75) is 6.61 Å². The number of para-hydroxylation sites is 1. The zero-order valence-electron chi connectivity index (χ0n) is 12.8. The average molecular weight is 424 g/mol. The highest BCUT2D eigenvalue weighted by Crippen LogP contribution is 2.23. The van der Waals surface area contributed by atoms with Gasteiger partial charge in [0.25, 0.3) is 5.89 Å². The second-order valence-corrected chi connectivity index (χ2v) is 6.22. The zero-order chi connectivity index (χ0) is 17.6. The van der Waals surface area contributed by atoms with Crippen molar-refractivity contribution in [3.63, 3.8) is 0 Å². The molecule has 0 fully saturated rings. The van der Waals surface area contributed by atoms with E-state index < -0.39 is 5.97 Å². The van der Waals surface area contributed by atoms with Gasteiger partial charge in [-0.3, -0.25) is 0 Å². The third-order valence-electron chi connectivity index (χ3n) is 3.09. The standard InChI is InChI=1S/C17H12BrClN2O4/c18-12-5-3-4-11(8-12)17-20-15(25-21-17)9-24-16(22)10-23-14-7-2-1-6-13(14)19/h1-8H,9-10H2. The van der Waals surface area contributed by atoms with Gasteiger partial charge in [0.15, 0.2) is 13.2 Å². The van der Waals surface area contributed by atoms with E-state index in [1.54, 1.807) is 24.3 Å². The van der Waals surface area contributed by atoms with Gasteiger partial charge in [0, 0.05) is 10.0 Å². The van der Waals surface area contributed by atoms with Gasteiger partial charge >= 0.3 is 5.97 Å². The highest BCUT2D eigenvalue weighted by Gasteiger charge is 2.12. The van der Waals surface area contributed by atoms with Crippen LogP contribution in [0.4, 0.5) is 0 Å². The van der Waals surface area contributed by atoms with E-state index in [-0.39, 0.29) is 19.1 Å². The molecule has 0 bridgehead atoms. The van der Waals surface area contributed by atoms with Gasteiger partial charge in [-0.2, -0.15) is 4.98 Å². The predicted octanol–water partition coefficient (Wildman–Crippen LogP) is 4.27. The van der Waals surface area contributed by atoms with Crippen molar-refractivity contribution in [3.05, 3.63) is 63.9 Å². The molecule has 0 radical (unpaired) electrons. The minimum atomic E-state index is -0.567. The fraction of sp³-hybridized carbons (Fsp3) is 0.118. The first-order valence-corrected chi connectivity index (χ1v) is 8.40. The highest BCUT2D eigenvalue weighted by atomic mass is 79.9. The molecule has 128 valence electrons. The summed E-state index contributed by atoms with van der Waals surface area (Å²) in [6, 6.07) is 14.3. The van der Waals surface area contributed by atoms with E-state index in [1.807, 2.05) is 24.3 Å². The summed E-state index contributed by atoms with van der Waals surface area (Å²) in [6.45, 7) is -0.401. The summed E-state index contributed by atoms with van der Waals surface area (Å²) in [7, 11) is 0. The molecule has 8 heteroatoms. The summed E-state index contributed by atoms with van der Waals surface area (Å²) in [6.07, 6.45) is 0. The lowest BCUT2D eigenvalue weighted by Crippen LogP contribution is -2.15. The van der Waals surface area contributed by atoms with Crippen LogP contribution in [0.15, 0.2) is 57.5 Å². The monoisotopic (exact) mass is 422 g/mol. The van der Waals surface area contributed by atoms with Crippen molar-refractivity contribution in [2.75, 3.05) is 6.61 Å². The van der Waals surface area contributed by atoms with Crippen LogP contribution in [0.5, 0.6) is 5.75 Å². The van der Waals surface area contributed by atoms with Crippen LogP contribution < -0.4 is 4.74 Å². The van der Waals surface area contributed by atoms with Gasteiger partial charge in [-0.25, -0.2) is 4.79 Å². The largest absolute Gasteiger partial charge is 0.480 e. The third kappa shape index (κ3) is 4.80. The van der Waals surface area contributed by atoms with Gasteiger partial charge in [0.1, 0.15) is 5.75 Å². The lowest BCUT2D eigenvalue weighted by molar-refractivity contribution is -0.148. The normalized spacial score (nSPS) is 10.5. The van der Waals surface area contributed by atoms with Crippen LogP contribution in [0.2, 0.25) is 5.02 Å². The SMILES string of the molecule is O=C(COc1ccccc1Cl)OCc1nc(-c2cccc(Br)c2)no1. The number of aromatic nitrogens is 2. The number of carbonyl (C=O) groups excluding carboxylic acids is 1. The van der Waals surface area contributed by atoms with Gasteiger partial charge in [-0.05, 0) is 24.3 Å².